The maximum Gasteiger partial charge on any atom is 0.270 e. The minimum absolute atomic E-state index is 0.0519. The minimum Gasteiger partial charge on any atom is -0.351 e. The molecule has 0 aliphatic carbocycles. The number of rotatable bonds is 4. The van der Waals surface area contributed by atoms with Crippen molar-refractivity contribution in [3.05, 3.63) is 67.3 Å². The van der Waals surface area contributed by atoms with Gasteiger partial charge < -0.3 is 5.32 Å². The molecule has 0 aliphatic rings. The second-order valence-electron chi connectivity index (χ2n) is 4.62. The van der Waals surface area contributed by atoms with Crippen molar-refractivity contribution in [3.63, 3.8) is 0 Å². The Morgan fingerprint density at radius 2 is 2.18 bits per heavy atom. The molecule has 0 aromatic carbocycles. The number of nitrogens with one attached hydrogen (secondary N) is 1. The van der Waals surface area contributed by atoms with Crippen LogP contribution in [-0.2, 0) is 6.42 Å². The van der Waals surface area contributed by atoms with Gasteiger partial charge in [0.1, 0.15) is 11.2 Å². The molecule has 1 N–H and O–H groups in total. The number of carbonyl (C=O) groups excluding carboxylic acids is 1. The van der Waals surface area contributed by atoms with Crippen molar-refractivity contribution >= 4 is 38.8 Å². The van der Waals surface area contributed by atoms with Crippen LogP contribution in [0.5, 0.6) is 0 Å². The summed E-state index contributed by atoms with van der Waals surface area (Å²) in [5, 5.41) is 2.76. The average molecular weight is 378 g/mol. The van der Waals surface area contributed by atoms with Gasteiger partial charge >= 0.3 is 0 Å². The fraction of sp³-hybridized carbons (Fsp3) is 0.133. The van der Waals surface area contributed by atoms with E-state index in [-0.39, 0.29) is 11.1 Å². The lowest BCUT2D eigenvalue weighted by molar-refractivity contribution is 0.0952. The lowest BCUT2D eigenvalue weighted by atomic mass is 10.3. The van der Waals surface area contributed by atoms with Crippen LogP contribution >= 0.6 is 27.3 Å². The molecule has 0 saturated heterocycles. The molecule has 0 atom stereocenters. The van der Waals surface area contributed by atoms with Crippen LogP contribution in [-0.4, -0.2) is 21.8 Å². The van der Waals surface area contributed by atoms with E-state index in [0.29, 0.717) is 12.2 Å². The molecule has 22 heavy (non-hydrogen) atoms. The van der Waals surface area contributed by atoms with E-state index in [1.54, 1.807) is 35.7 Å². The Balaban J connectivity index is 1.72. The number of fused-ring (bicyclic) bond motifs is 1. The summed E-state index contributed by atoms with van der Waals surface area (Å²) in [6.45, 7) is 0.475. The van der Waals surface area contributed by atoms with Crippen molar-refractivity contribution in [2.45, 2.75) is 6.42 Å². The van der Waals surface area contributed by atoms with Crippen molar-refractivity contribution in [3.8, 4) is 0 Å². The molecule has 3 heterocycles. The number of halogens is 1. The Morgan fingerprint density at radius 1 is 1.32 bits per heavy atom. The van der Waals surface area contributed by atoms with Crippen LogP contribution in [0, 0.1) is 0 Å². The zero-order chi connectivity index (χ0) is 15.5. The summed E-state index contributed by atoms with van der Waals surface area (Å²) >= 11 is 5.03. The van der Waals surface area contributed by atoms with Crippen LogP contribution in [0.2, 0.25) is 0 Å². The minimum atomic E-state index is -0.397. The summed E-state index contributed by atoms with van der Waals surface area (Å²) in [5.74, 6) is -0.397. The monoisotopic (exact) mass is 377 g/mol. The van der Waals surface area contributed by atoms with E-state index in [2.05, 4.69) is 26.2 Å². The summed E-state index contributed by atoms with van der Waals surface area (Å²) in [7, 11) is 0. The van der Waals surface area contributed by atoms with E-state index >= 15 is 0 Å². The highest BCUT2D eigenvalue weighted by atomic mass is 79.9. The molecule has 0 saturated carbocycles. The van der Waals surface area contributed by atoms with Crippen molar-refractivity contribution in [2.75, 3.05) is 6.54 Å². The highest BCUT2D eigenvalue weighted by Crippen LogP contribution is 2.22. The molecule has 112 valence electrons. The van der Waals surface area contributed by atoms with E-state index in [1.807, 2.05) is 12.1 Å². The van der Waals surface area contributed by atoms with Gasteiger partial charge in [-0.3, -0.25) is 14.0 Å². The van der Waals surface area contributed by atoms with E-state index in [1.165, 1.54) is 15.5 Å². The predicted molar refractivity (Wildman–Crippen MR) is 89.5 cm³/mol. The Bertz CT molecular complexity index is 888. The van der Waals surface area contributed by atoms with Gasteiger partial charge in [-0.1, -0.05) is 6.07 Å². The van der Waals surface area contributed by atoms with Crippen LogP contribution in [0.4, 0.5) is 0 Å². The number of pyridine rings is 1. The summed E-state index contributed by atoms with van der Waals surface area (Å²) in [6, 6.07) is 9.22. The fourth-order valence-corrected chi connectivity index (χ4v) is 3.55. The Kier molecular flexibility index (Phi) is 4.35. The van der Waals surface area contributed by atoms with Gasteiger partial charge in [0.15, 0.2) is 0 Å². The van der Waals surface area contributed by atoms with E-state index in [9.17, 15) is 9.59 Å². The number of thiophene rings is 1. The van der Waals surface area contributed by atoms with Gasteiger partial charge in [-0.25, -0.2) is 4.98 Å². The SMILES string of the molecule is O=C(NCCc1ccc(Br)s1)c1cnc2ccccn2c1=O. The normalized spacial score (nSPS) is 10.8. The predicted octanol–water partition coefficient (Wildman–Crippen LogP) is 2.49. The molecule has 0 fully saturated rings. The summed E-state index contributed by atoms with van der Waals surface area (Å²) in [6.07, 6.45) is 3.66. The number of aromatic nitrogens is 2. The standard InChI is InChI=1S/C15H12BrN3O2S/c16-12-5-4-10(22-12)6-7-17-14(20)11-9-18-13-3-1-2-8-19(13)15(11)21/h1-5,8-9H,6-7H2,(H,17,20). The van der Waals surface area contributed by atoms with Crippen LogP contribution < -0.4 is 10.9 Å². The third-order valence-electron chi connectivity index (χ3n) is 3.14. The maximum absolute atomic E-state index is 12.3. The molecule has 7 heteroatoms. The van der Waals surface area contributed by atoms with Gasteiger partial charge in [0.25, 0.3) is 11.5 Å². The summed E-state index contributed by atoms with van der Waals surface area (Å²) in [5.41, 5.74) is 0.213. The first-order valence-corrected chi connectivity index (χ1v) is 8.25. The Morgan fingerprint density at radius 3 is 2.95 bits per heavy atom. The molecule has 3 rings (SSSR count). The largest absolute Gasteiger partial charge is 0.351 e. The molecule has 0 bridgehead atoms. The van der Waals surface area contributed by atoms with Crippen LogP contribution in [0.25, 0.3) is 5.65 Å². The number of hydrogen-bond donors (Lipinski definition) is 1. The molecule has 3 aromatic heterocycles. The van der Waals surface area contributed by atoms with Crippen molar-refractivity contribution in [1.82, 2.24) is 14.7 Å². The highest BCUT2D eigenvalue weighted by molar-refractivity contribution is 9.11. The molecule has 5 nitrogen and oxygen atoms in total. The fourth-order valence-electron chi connectivity index (χ4n) is 2.06. The summed E-state index contributed by atoms with van der Waals surface area (Å²) < 4.78 is 2.43. The number of hydrogen-bond acceptors (Lipinski definition) is 4. The van der Waals surface area contributed by atoms with Gasteiger partial charge in [-0.15, -0.1) is 11.3 Å². The molecular formula is C15H12BrN3O2S. The second-order valence-corrected chi connectivity index (χ2v) is 7.17. The first-order valence-electron chi connectivity index (χ1n) is 6.64. The first kappa shape index (κ1) is 14.9. The van der Waals surface area contributed by atoms with E-state index < -0.39 is 5.91 Å². The number of nitrogens with zero attached hydrogens (tertiary/aromatic N) is 2. The molecule has 0 aliphatic heterocycles. The van der Waals surface area contributed by atoms with Crippen molar-refractivity contribution < 1.29 is 4.79 Å². The lowest BCUT2D eigenvalue weighted by Gasteiger charge is -2.05. The van der Waals surface area contributed by atoms with Crippen LogP contribution in [0.3, 0.4) is 0 Å². The zero-order valence-corrected chi connectivity index (χ0v) is 13.9. The topological polar surface area (TPSA) is 63.5 Å². The molecule has 1 amide bonds. The van der Waals surface area contributed by atoms with Gasteiger partial charge in [-0.2, -0.15) is 0 Å². The number of amides is 1. The van der Waals surface area contributed by atoms with Crippen molar-refractivity contribution in [1.29, 1.82) is 0 Å². The molecule has 0 radical (unpaired) electrons. The molecule has 0 spiro atoms. The Labute approximate surface area is 138 Å². The Hall–Kier alpha value is -1.99. The third kappa shape index (κ3) is 3.10. The highest BCUT2D eigenvalue weighted by Gasteiger charge is 2.12. The molecule has 0 unspecified atom stereocenters. The van der Waals surface area contributed by atoms with Gasteiger partial charge in [0.2, 0.25) is 0 Å². The van der Waals surface area contributed by atoms with E-state index in [4.69, 9.17) is 0 Å². The summed E-state index contributed by atoms with van der Waals surface area (Å²) in [4.78, 5) is 29.7. The van der Waals surface area contributed by atoms with Gasteiger partial charge in [0, 0.05) is 23.8 Å². The zero-order valence-electron chi connectivity index (χ0n) is 11.5. The average Bonchev–Trinajstić information content (AvgIpc) is 2.93. The second kappa shape index (κ2) is 6.41. The number of carbonyl (C=O) groups is 1. The van der Waals surface area contributed by atoms with Gasteiger partial charge in [-0.05, 0) is 46.6 Å². The third-order valence-corrected chi connectivity index (χ3v) is 4.83. The lowest BCUT2D eigenvalue weighted by Crippen LogP contribution is -2.32. The molecule has 3 aromatic rings. The van der Waals surface area contributed by atoms with E-state index in [0.717, 1.165) is 10.2 Å². The van der Waals surface area contributed by atoms with Crippen molar-refractivity contribution in [2.24, 2.45) is 0 Å². The van der Waals surface area contributed by atoms with Crippen LogP contribution in [0.1, 0.15) is 15.2 Å². The smallest absolute Gasteiger partial charge is 0.270 e. The quantitative estimate of drug-likeness (QED) is 0.759. The maximum atomic E-state index is 12.3. The first-order chi connectivity index (χ1) is 10.6. The van der Waals surface area contributed by atoms with Crippen LogP contribution in [0.15, 0.2) is 51.3 Å². The van der Waals surface area contributed by atoms with Gasteiger partial charge in [0.05, 0.1) is 3.79 Å². The molecular weight excluding hydrogens is 366 g/mol.